The van der Waals surface area contributed by atoms with Crippen LogP contribution < -0.4 is 26.6 Å². The zero-order valence-corrected chi connectivity index (χ0v) is 58.9. The molecule has 107 heavy (non-hydrogen) atoms. The topological polar surface area (TPSA) is 325 Å². The molecule has 31 heteroatoms. The van der Waals surface area contributed by atoms with E-state index in [0.717, 1.165) is 37.2 Å². The fraction of sp³-hybridized carbons (Fsp3) is 0.171. The molecule has 0 saturated carbocycles. The maximum atomic E-state index is 13.6. The predicted octanol–water partition coefficient (Wildman–Crippen LogP) is 11.8. The third kappa shape index (κ3) is 18.4. The minimum atomic E-state index is -0.572. The minimum absolute atomic E-state index is 0.0266. The number of amides is 2. The molecular formula is C76H64Cl3F3N20O5. The van der Waals surface area contributed by atoms with Crippen LogP contribution in [0.5, 0.6) is 0 Å². The Morgan fingerprint density at radius 2 is 0.841 bits per heavy atom. The fourth-order valence-electron chi connectivity index (χ4n) is 11.5. The van der Waals surface area contributed by atoms with Gasteiger partial charge >= 0.3 is 0 Å². The van der Waals surface area contributed by atoms with Crippen molar-refractivity contribution in [2.75, 3.05) is 31.1 Å². The molecule has 2 fully saturated rings. The average molecular weight is 1500 g/mol. The quantitative estimate of drug-likeness (QED) is 0.0619. The number of piperidine rings is 2. The number of hydrogen-bond donors (Lipinski definition) is 6. The summed E-state index contributed by atoms with van der Waals surface area (Å²) in [4.78, 5) is 91.5. The number of nitrogens with zero attached hydrogens (tertiary/aromatic N) is 16. The largest absolute Gasteiger partial charge is 0.393 e. The smallest absolute Gasteiger partial charge is 0.252 e. The Balaban J connectivity index is 0.000000129. The molecule has 0 bridgehead atoms. The van der Waals surface area contributed by atoms with Crippen molar-refractivity contribution in [1.82, 2.24) is 89.0 Å². The summed E-state index contributed by atoms with van der Waals surface area (Å²) in [5.74, 6) is 0.959. The van der Waals surface area contributed by atoms with Gasteiger partial charge in [0.25, 0.3) is 17.1 Å². The van der Waals surface area contributed by atoms with Gasteiger partial charge in [0.1, 0.15) is 34.5 Å². The Morgan fingerprint density at radius 1 is 0.467 bits per heavy atom. The molecule has 17 rings (SSSR count). The zero-order valence-electron chi connectivity index (χ0n) is 56.6. The van der Waals surface area contributed by atoms with Gasteiger partial charge in [-0.3, -0.25) is 27.6 Å². The normalized spacial score (nSPS) is 13.1. The molecular weight excluding hydrogens is 1440 g/mol. The molecule has 25 nitrogen and oxygen atoms in total. The number of aliphatic hydroxyl groups excluding tert-OH is 2. The minimum Gasteiger partial charge on any atom is -0.393 e. The van der Waals surface area contributed by atoms with Crippen LogP contribution in [0.1, 0.15) is 73.8 Å². The Bertz CT molecular complexity index is 5590. The number of aromatic nitrogens is 15. The summed E-state index contributed by atoms with van der Waals surface area (Å²) in [7, 11) is 0. The molecule has 0 unspecified atom stereocenters. The molecule has 7 N–H and O–H groups in total. The van der Waals surface area contributed by atoms with Crippen LogP contribution in [0.3, 0.4) is 0 Å². The Kier molecular flexibility index (Phi) is 23.3. The molecule has 9 aromatic heterocycles. The number of halogens is 6. The van der Waals surface area contributed by atoms with E-state index in [2.05, 4.69) is 70.7 Å². The van der Waals surface area contributed by atoms with Crippen LogP contribution in [0.4, 0.5) is 19.0 Å². The second-order valence-corrected chi connectivity index (χ2v) is 25.5. The molecule has 0 atom stereocenters. The molecule has 2 saturated heterocycles. The van der Waals surface area contributed by atoms with Crippen LogP contribution >= 0.6 is 34.8 Å². The van der Waals surface area contributed by atoms with Crippen molar-refractivity contribution in [3.05, 3.63) is 263 Å². The molecule has 2 amide bonds. The van der Waals surface area contributed by atoms with Gasteiger partial charge in [-0.05, 0) is 196 Å². The van der Waals surface area contributed by atoms with E-state index >= 15 is 0 Å². The highest BCUT2D eigenvalue weighted by Crippen LogP contribution is 2.34. The van der Waals surface area contributed by atoms with Crippen molar-refractivity contribution >= 4 is 108 Å². The number of aliphatic hydroxyl groups is 2. The van der Waals surface area contributed by atoms with Crippen molar-refractivity contribution in [2.24, 2.45) is 5.73 Å². The van der Waals surface area contributed by atoms with Crippen molar-refractivity contribution in [3.8, 4) is 33.8 Å². The second-order valence-electron chi connectivity index (χ2n) is 24.5. The molecule has 2 aliphatic heterocycles. The first-order valence-electron chi connectivity index (χ1n) is 33.6. The molecule has 540 valence electrons. The van der Waals surface area contributed by atoms with Crippen LogP contribution in [-0.2, 0) is 19.6 Å². The Morgan fingerprint density at radius 3 is 1.24 bits per heavy atom. The predicted molar refractivity (Wildman–Crippen MR) is 400 cm³/mol. The summed E-state index contributed by atoms with van der Waals surface area (Å²) in [5, 5.41) is 27.6. The highest BCUT2D eigenvalue weighted by atomic mass is 35.5. The summed E-state index contributed by atoms with van der Waals surface area (Å²) in [5.41, 5.74) is 15.6. The van der Waals surface area contributed by atoms with Gasteiger partial charge < -0.3 is 36.8 Å². The van der Waals surface area contributed by atoms with Gasteiger partial charge in [0.05, 0.1) is 75.5 Å². The van der Waals surface area contributed by atoms with Crippen molar-refractivity contribution < 1.29 is 37.8 Å². The zero-order chi connectivity index (χ0) is 74.5. The molecule has 11 heterocycles. The average Bonchev–Trinajstić information content (AvgIpc) is 1.24. The molecule has 15 aromatic rings. The fourth-order valence-corrected chi connectivity index (χ4v) is 12.1. The van der Waals surface area contributed by atoms with Crippen LogP contribution in [0.25, 0.3) is 84.2 Å². The monoisotopic (exact) mass is 1500 g/mol. The maximum Gasteiger partial charge on any atom is 0.252 e. The van der Waals surface area contributed by atoms with Gasteiger partial charge in [-0.1, -0.05) is 23.2 Å². The van der Waals surface area contributed by atoms with Crippen LogP contribution in [0.15, 0.2) is 201 Å². The van der Waals surface area contributed by atoms with E-state index in [1.807, 2.05) is 53.7 Å². The van der Waals surface area contributed by atoms with Gasteiger partial charge in [-0.25, -0.2) is 73.0 Å². The number of nitrogens with two attached hydrogens (primary N) is 1. The number of benzene rings is 6. The van der Waals surface area contributed by atoms with Crippen LogP contribution in [0.2, 0.25) is 10.3 Å². The van der Waals surface area contributed by atoms with Crippen LogP contribution in [-0.4, -0.2) is 139 Å². The summed E-state index contributed by atoms with van der Waals surface area (Å²) in [6.45, 7) is 4.24. The highest BCUT2D eigenvalue weighted by molar-refractivity contribution is 6.67. The molecule has 0 radical (unpaired) electrons. The van der Waals surface area contributed by atoms with E-state index in [0.29, 0.717) is 145 Å². The van der Waals surface area contributed by atoms with E-state index in [-0.39, 0.29) is 64.9 Å². The van der Waals surface area contributed by atoms with E-state index in [1.165, 1.54) is 36.4 Å². The molecule has 6 aromatic carbocycles. The number of anilines is 1. The summed E-state index contributed by atoms with van der Waals surface area (Å²) < 4.78 is 45.3. The first-order chi connectivity index (χ1) is 51.9. The third-order valence-electron chi connectivity index (χ3n) is 17.0. The number of rotatable bonds is 12. The number of carbonyl (C=O) groups excluding carboxylic acids is 3. The summed E-state index contributed by atoms with van der Waals surface area (Å²) >= 11 is 17.8. The van der Waals surface area contributed by atoms with E-state index in [1.54, 1.807) is 124 Å². The first-order valence-corrected chi connectivity index (χ1v) is 34.8. The molecule has 0 aliphatic carbocycles. The SMILES string of the molecule is NCc1cn2cccnc2n1.O=C(Cl)c1ccc2nc(Cl)c(-c3ccc(F)cc3)nc2c1.O=C(NCc1cn2cccnc2n1)c1ccc2nc(Cl)c(-c3ccc(F)cc3)nc2c1.O=C(NCc1cn2cccnc2n1)c1ccc2nc(N3CCC(O)CC3)c(-c3ccc(F)cc3)nc2c1.OC1CCNCC1. The second kappa shape index (κ2) is 33.9. The maximum absolute atomic E-state index is 13.6. The van der Waals surface area contributed by atoms with E-state index in [4.69, 9.17) is 55.6 Å². The number of hydrogen-bond acceptors (Lipinski definition) is 20. The summed E-state index contributed by atoms with van der Waals surface area (Å²) in [6.07, 6.45) is 18.9. The number of carbonyl (C=O) groups is 3. The van der Waals surface area contributed by atoms with Gasteiger partial charge in [0.15, 0.2) is 16.1 Å². The number of imidazole rings is 3. The Hall–Kier alpha value is -11.9. The van der Waals surface area contributed by atoms with Gasteiger partial charge in [-0.2, -0.15) is 0 Å². The molecule has 2 aliphatic rings. The lowest BCUT2D eigenvalue weighted by Crippen LogP contribution is -2.36. The lowest BCUT2D eigenvalue weighted by atomic mass is 10.1. The van der Waals surface area contributed by atoms with Gasteiger partial charge in [0.2, 0.25) is 17.3 Å². The van der Waals surface area contributed by atoms with Crippen molar-refractivity contribution in [2.45, 2.75) is 57.5 Å². The van der Waals surface area contributed by atoms with E-state index in [9.17, 15) is 32.7 Å². The highest BCUT2D eigenvalue weighted by Gasteiger charge is 2.24. The first kappa shape index (κ1) is 73.4. The van der Waals surface area contributed by atoms with Crippen LogP contribution in [0, 0.1) is 17.5 Å². The van der Waals surface area contributed by atoms with E-state index < -0.39 is 5.24 Å². The van der Waals surface area contributed by atoms with Crippen molar-refractivity contribution in [1.29, 1.82) is 0 Å². The lowest BCUT2D eigenvalue weighted by molar-refractivity contribution is 0.0942. The summed E-state index contributed by atoms with van der Waals surface area (Å²) in [6, 6.07) is 38.1. The number of nitrogens with one attached hydrogen (secondary N) is 3. The lowest BCUT2D eigenvalue weighted by Gasteiger charge is -2.31. The third-order valence-corrected chi connectivity index (χ3v) is 17.7. The molecule has 0 spiro atoms. The van der Waals surface area contributed by atoms with Crippen molar-refractivity contribution in [3.63, 3.8) is 0 Å². The van der Waals surface area contributed by atoms with Gasteiger partial charge in [0, 0.05) is 109 Å². The van der Waals surface area contributed by atoms with Gasteiger partial charge in [-0.15, -0.1) is 0 Å². The Labute approximate surface area is 622 Å². The number of fused-ring (bicyclic) bond motifs is 6. The standard InChI is InChI=1S/C27H24FN7O2.C22H14ClFN6O.C15H7Cl2FN2O.C7H8N4.C5H11NO/c28-19-5-2-17(3-6-19)24-25(34-12-8-21(36)9-13-34)33-22-7-4-18(14-23(22)32-24)26(37)30-15-20-16-35-11-1-10-29-27(35)31-20;23-20-19(13-2-5-15(24)6-3-13)28-18-10-14(4-7-17(18)29-20)21(31)26-11-16-12-30-9-1-8-25-22(30)27-16;16-14-13(8-1-4-10(18)5-2-8)19-12-7-9(15(17)21)3-6-11(12)20-14;8-4-6-5-11-3-1-2-9-7(11)10-6;7-5-1-3-6-4-2-5/h1-7,10-11,14,16,21,36H,8-9,12-13,15H2,(H,30,37);1-10,12H,11H2,(H,26,31);1-7H;1-3,5H,4,8H2;5-7H,1-4H2.